The molecule has 2 aliphatic rings. The second-order valence-electron chi connectivity index (χ2n) is 6.83. The topological polar surface area (TPSA) is 90.8 Å². The fraction of sp³-hybridized carbons (Fsp3) is 0.588. The summed E-state index contributed by atoms with van der Waals surface area (Å²) < 4.78 is 5.14. The number of nitrogens with zero attached hydrogens (tertiary/aromatic N) is 2. The minimum atomic E-state index is -0.742. The molecule has 1 saturated heterocycles. The summed E-state index contributed by atoms with van der Waals surface area (Å²) in [4.78, 5) is 27.3. The molecule has 0 bridgehead atoms. The Balaban J connectivity index is 1.46. The highest BCUT2D eigenvalue weighted by atomic mass is 16.3. The molecule has 128 valence electrons. The maximum Gasteiger partial charge on any atom is 0.289 e. The molecule has 1 atom stereocenters. The SMILES string of the molecule is C[C@@](C#N)(NC(=O)C[NH+]1CCN(C(=O)c2ccco2)CC1)C1CC1. The van der Waals surface area contributed by atoms with Crippen LogP contribution in [0.5, 0.6) is 0 Å². The van der Waals surface area contributed by atoms with Crippen LogP contribution in [0.15, 0.2) is 22.8 Å². The molecule has 1 aromatic heterocycles. The number of nitrogens with one attached hydrogen (secondary N) is 2. The number of amides is 2. The van der Waals surface area contributed by atoms with E-state index in [2.05, 4.69) is 11.4 Å². The second-order valence-corrected chi connectivity index (χ2v) is 6.83. The van der Waals surface area contributed by atoms with Crippen LogP contribution >= 0.6 is 0 Å². The van der Waals surface area contributed by atoms with Gasteiger partial charge >= 0.3 is 0 Å². The lowest BCUT2D eigenvalue weighted by atomic mass is 9.98. The lowest BCUT2D eigenvalue weighted by Crippen LogP contribution is -3.16. The minimum absolute atomic E-state index is 0.0910. The molecule has 0 radical (unpaired) electrons. The summed E-state index contributed by atoms with van der Waals surface area (Å²) in [6.45, 7) is 4.77. The third-order valence-corrected chi connectivity index (χ3v) is 4.93. The molecule has 1 aliphatic carbocycles. The third-order valence-electron chi connectivity index (χ3n) is 4.93. The van der Waals surface area contributed by atoms with Gasteiger partial charge in [0.05, 0.1) is 38.5 Å². The van der Waals surface area contributed by atoms with Crippen LogP contribution in [0, 0.1) is 17.2 Å². The molecule has 2 N–H and O–H groups in total. The smallest absolute Gasteiger partial charge is 0.289 e. The van der Waals surface area contributed by atoms with E-state index in [9.17, 15) is 14.9 Å². The van der Waals surface area contributed by atoms with E-state index in [-0.39, 0.29) is 17.7 Å². The summed E-state index contributed by atoms with van der Waals surface area (Å²) in [5.74, 6) is 0.440. The van der Waals surface area contributed by atoms with Crippen molar-refractivity contribution in [1.82, 2.24) is 10.2 Å². The van der Waals surface area contributed by atoms with Gasteiger partial charge in [0.25, 0.3) is 11.8 Å². The summed E-state index contributed by atoms with van der Waals surface area (Å²) in [6, 6.07) is 5.60. The molecular weight excluding hydrogens is 308 g/mol. The monoisotopic (exact) mass is 331 g/mol. The van der Waals surface area contributed by atoms with Crippen LogP contribution in [0.1, 0.15) is 30.3 Å². The van der Waals surface area contributed by atoms with E-state index in [1.54, 1.807) is 24.0 Å². The van der Waals surface area contributed by atoms with Gasteiger partial charge in [0, 0.05) is 0 Å². The van der Waals surface area contributed by atoms with Crippen molar-refractivity contribution in [2.75, 3.05) is 32.7 Å². The molecule has 24 heavy (non-hydrogen) atoms. The zero-order valence-electron chi connectivity index (χ0n) is 13.9. The Bertz CT molecular complexity index is 639. The molecule has 1 saturated carbocycles. The first-order valence-corrected chi connectivity index (χ1v) is 8.40. The van der Waals surface area contributed by atoms with Gasteiger partial charge in [-0.1, -0.05) is 0 Å². The van der Waals surface area contributed by atoms with Gasteiger partial charge in [0.1, 0.15) is 5.54 Å². The van der Waals surface area contributed by atoms with Crippen molar-refractivity contribution < 1.29 is 18.9 Å². The Morgan fingerprint density at radius 2 is 2.17 bits per heavy atom. The van der Waals surface area contributed by atoms with E-state index in [0.717, 1.165) is 17.7 Å². The van der Waals surface area contributed by atoms with Gasteiger partial charge in [-0.05, 0) is 37.8 Å². The molecule has 0 aromatic carbocycles. The normalized spacial score (nSPS) is 20.9. The molecule has 7 heteroatoms. The summed E-state index contributed by atoms with van der Waals surface area (Å²) in [5.41, 5.74) is -0.742. The summed E-state index contributed by atoms with van der Waals surface area (Å²) >= 11 is 0. The van der Waals surface area contributed by atoms with Crippen molar-refractivity contribution in [2.45, 2.75) is 25.3 Å². The molecule has 1 aliphatic heterocycles. The zero-order chi connectivity index (χ0) is 17.2. The van der Waals surface area contributed by atoms with Crippen LogP contribution in [0.25, 0.3) is 0 Å². The van der Waals surface area contributed by atoms with Crippen molar-refractivity contribution in [1.29, 1.82) is 5.26 Å². The van der Waals surface area contributed by atoms with Crippen LogP contribution in [0.4, 0.5) is 0 Å². The number of quaternary nitrogens is 1. The van der Waals surface area contributed by atoms with E-state index in [1.165, 1.54) is 6.26 Å². The number of nitriles is 1. The average molecular weight is 331 g/mol. The van der Waals surface area contributed by atoms with Gasteiger partial charge in [-0.3, -0.25) is 9.59 Å². The van der Waals surface area contributed by atoms with Gasteiger partial charge in [-0.15, -0.1) is 0 Å². The van der Waals surface area contributed by atoms with Gasteiger partial charge < -0.3 is 19.5 Å². The minimum Gasteiger partial charge on any atom is -0.459 e. The molecular formula is C17H23N4O3+. The molecule has 1 aromatic rings. The van der Waals surface area contributed by atoms with Crippen molar-refractivity contribution in [2.24, 2.45) is 5.92 Å². The van der Waals surface area contributed by atoms with Crippen molar-refractivity contribution >= 4 is 11.8 Å². The summed E-state index contributed by atoms with van der Waals surface area (Å²) in [6.07, 6.45) is 3.50. The Labute approximate surface area is 141 Å². The number of hydrogen-bond acceptors (Lipinski definition) is 4. The fourth-order valence-electron chi connectivity index (χ4n) is 3.20. The Hall–Kier alpha value is -2.33. The number of carbonyl (C=O) groups is 2. The van der Waals surface area contributed by atoms with E-state index in [1.807, 2.05) is 0 Å². The summed E-state index contributed by atoms with van der Waals surface area (Å²) in [5, 5.41) is 12.2. The number of carbonyl (C=O) groups excluding carboxylic acids is 2. The van der Waals surface area contributed by atoms with Gasteiger partial charge in [0.2, 0.25) is 0 Å². The van der Waals surface area contributed by atoms with Crippen LogP contribution in [0.2, 0.25) is 0 Å². The van der Waals surface area contributed by atoms with Gasteiger partial charge in [-0.25, -0.2) is 0 Å². The molecule has 2 heterocycles. The second kappa shape index (κ2) is 6.65. The van der Waals surface area contributed by atoms with Crippen molar-refractivity contribution in [3.8, 4) is 6.07 Å². The lowest BCUT2D eigenvalue weighted by Gasteiger charge is -2.32. The van der Waals surface area contributed by atoms with Crippen LogP contribution in [-0.2, 0) is 4.79 Å². The first-order valence-electron chi connectivity index (χ1n) is 8.40. The van der Waals surface area contributed by atoms with E-state index in [4.69, 9.17) is 4.42 Å². The van der Waals surface area contributed by atoms with Crippen LogP contribution in [0.3, 0.4) is 0 Å². The van der Waals surface area contributed by atoms with Crippen LogP contribution in [-0.4, -0.2) is 55.0 Å². The zero-order valence-corrected chi connectivity index (χ0v) is 13.9. The van der Waals surface area contributed by atoms with Crippen LogP contribution < -0.4 is 10.2 Å². The highest BCUT2D eigenvalue weighted by molar-refractivity contribution is 5.91. The third kappa shape index (κ3) is 3.60. The first kappa shape index (κ1) is 16.5. The molecule has 2 amide bonds. The maximum atomic E-state index is 12.2. The standard InChI is InChI=1S/C17H22N4O3/c1-17(12-18,13-4-5-13)19-15(22)11-20-6-8-21(9-7-20)16(23)14-3-2-10-24-14/h2-3,10,13H,4-9,11H2,1H3,(H,19,22)/p+1/t17-/m0/s1. The Morgan fingerprint density at radius 1 is 1.46 bits per heavy atom. The van der Waals surface area contributed by atoms with Gasteiger partial charge in [0.15, 0.2) is 12.3 Å². The van der Waals surface area contributed by atoms with Crippen molar-refractivity contribution in [3.63, 3.8) is 0 Å². The largest absolute Gasteiger partial charge is 0.459 e. The summed E-state index contributed by atoms with van der Waals surface area (Å²) in [7, 11) is 0. The average Bonchev–Trinajstić information content (AvgIpc) is 3.31. The predicted octanol–water partition coefficient (Wildman–Crippen LogP) is -0.571. The number of hydrogen-bond donors (Lipinski definition) is 2. The molecule has 0 unspecified atom stereocenters. The lowest BCUT2D eigenvalue weighted by molar-refractivity contribution is -0.896. The van der Waals surface area contributed by atoms with Crippen molar-refractivity contribution in [3.05, 3.63) is 24.2 Å². The van der Waals surface area contributed by atoms with E-state index in [0.29, 0.717) is 38.5 Å². The van der Waals surface area contributed by atoms with E-state index < -0.39 is 5.54 Å². The van der Waals surface area contributed by atoms with E-state index >= 15 is 0 Å². The number of furan rings is 1. The Morgan fingerprint density at radius 3 is 2.71 bits per heavy atom. The number of rotatable bonds is 5. The highest BCUT2D eigenvalue weighted by Crippen LogP contribution is 2.39. The Kier molecular flexibility index (Phi) is 4.58. The maximum absolute atomic E-state index is 12.2. The fourth-order valence-corrected chi connectivity index (χ4v) is 3.20. The first-order chi connectivity index (χ1) is 11.5. The highest BCUT2D eigenvalue weighted by Gasteiger charge is 2.43. The number of piperazine rings is 1. The molecule has 0 spiro atoms. The molecule has 7 nitrogen and oxygen atoms in total. The quantitative estimate of drug-likeness (QED) is 0.756. The predicted molar refractivity (Wildman–Crippen MR) is 85.1 cm³/mol. The van der Waals surface area contributed by atoms with Gasteiger partial charge in [-0.2, -0.15) is 5.26 Å². The molecule has 3 rings (SSSR count). The molecule has 2 fully saturated rings.